The Kier molecular flexibility index (Phi) is 40.9. The minimum atomic E-state index is -0.957. The first-order valence-electron chi connectivity index (χ1n) is 33.2. The average Bonchev–Trinajstić information content (AvgIpc) is 4.30. The highest BCUT2D eigenvalue weighted by Gasteiger charge is 2.40. The maximum atomic E-state index is 13.1. The molecule has 3 aliphatic rings. The number of unbranched alkanes of at least 4 members (excludes halogenated alkanes) is 25. The Morgan fingerprint density at radius 3 is 1.13 bits per heavy atom. The van der Waals surface area contributed by atoms with Crippen molar-refractivity contribution in [1.82, 2.24) is 0 Å². The molecule has 0 aromatic carbocycles. The molecule has 15 heteroatoms. The van der Waals surface area contributed by atoms with Crippen LogP contribution in [0.5, 0.6) is 0 Å². The Hall–Kier alpha value is -5.21. The van der Waals surface area contributed by atoms with Gasteiger partial charge in [0.2, 0.25) is 0 Å². The van der Waals surface area contributed by atoms with Crippen molar-refractivity contribution in [1.29, 1.82) is 0 Å². The van der Waals surface area contributed by atoms with E-state index in [9.17, 15) is 43.2 Å². The summed E-state index contributed by atoms with van der Waals surface area (Å²) in [6.07, 6.45) is 49.4. The minimum Gasteiger partial charge on any atom is -0.462 e. The largest absolute Gasteiger partial charge is 0.462 e. The first-order valence-corrected chi connectivity index (χ1v) is 33.2. The van der Waals surface area contributed by atoms with Gasteiger partial charge in [-0.2, -0.15) is 0 Å². The summed E-state index contributed by atoms with van der Waals surface area (Å²) in [5.74, 6) is -5.45. The molecule has 0 aromatic heterocycles. The van der Waals surface area contributed by atoms with E-state index in [1.807, 2.05) is 6.08 Å². The maximum Gasteiger partial charge on any atom is 0.317 e. The summed E-state index contributed by atoms with van der Waals surface area (Å²) < 4.78 is 31.5. The maximum absolute atomic E-state index is 13.1. The van der Waals surface area contributed by atoms with Crippen LogP contribution in [0.1, 0.15) is 278 Å². The van der Waals surface area contributed by atoms with Gasteiger partial charge in [-0.3, -0.25) is 43.2 Å². The van der Waals surface area contributed by atoms with Gasteiger partial charge in [0.15, 0.2) is 6.10 Å². The lowest BCUT2D eigenvalue weighted by molar-refractivity contribution is -0.167. The van der Waals surface area contributed by atoms with Crippen LogP contribution in [0.15, 0.2) is 48.6 Å². The predicted molar refractivity (Wildman–Crippen MR) is 324 cm³/mol. The summed E-state index contributed by atoms with van der Waals surface area (Å²) in [6, 6.07) is 0. The summed E-state index contributed by atoms with van der Waals surface area (Å²) >= 11 is 0. The number of carbonyl (C=O) groups is 9. The van der Waals surface area contributed by atoms with Gasteiger partial charge in [-0.15, -0.1) is 0 Å². The Balaban J connectivity index is 1.43. The van der Waals surface area contributed by atoms with Gasteiger partial charge in [-0.05, 0) is 108 Å². The molecule has 0 aliphatic carbocycles. The fourth-order valence-electron chi connectivity index (χ4n) is 11.2. The molecule has 15 nitrogen and oxygen atoms in total. The molecule has 0 saturated carbocycles. The van der Waals surface area contributed by atoms with E-state index in [4.69, 9.17) is 28.4 Å². The predicted octanol–water partition coefficient (Wildman–Crippen LogP) is 15.8. The molecular weight excluding hydrogens is 1070 g/mol. The lowest BCUT2D eigenvalue weighted by atomic mass is 9.86. The number of carbonyl (C=O) groups excluding carboxylic acids is 9. The van der Waals surface area contributed by atoms with Crippen LogP contribution in [-0.4, -0.2) is 73.0 Å². The zero-order valence-electron chi connectivity index (χ0n) is 52.0. The van der Waals surface area contributed by atoms with Crippen molar-refractivity contribution in [2.45, 2.75) is 284 Å². The van der Waals surface area contributed by atoms with Gasteiger partial charge in [0.05, 0.1) is 37.0 Å². The molecule has 0 amide bonds. The summed E-state index contributed by atoms with van der Waals surface area (Å²) in [5.41, 5.74) is 0. The number of cyclic esters (lactones) is 6. The highest BCUT2D eigenvalue weighted by Crippen LogP contribution is 2.33. The van der Waals surface area contributed by atoms with E-state index in [0.717, 1.165) is 141 Å². The van der Waals surface area contributed by atoms with Gasteiger partial charge in [0.1, 0.15) is 13.2 Å². The van der Waals surface area contributed by atoms with Crippen molar-refractivity contribution < 1.29 is 71.6 Å². The van der Waals surface area contributed by atoms with Crippen LogP contribution >= 0.6 is 0 Å². The number of ether oxygens (including phenoxy) is 6. The molecule has 474 valence electrons. The van der Waals surface area contributed by atoms with Crippen molar-refractivity contribution in [3.05, 3.63) is 48.6 Å². The molecule has 3 saturated heterocycles. The summed E-state index contributed by atoms with van der Waals surface area (Å²) in [6.45, 7) is 6.08. The van der Waals surface area contributed by atoms with Gasteiger partial charge < -0.3 is 28.4 Å². The molecule has 7 unspecified atom stereocenters. The standard InChI is InChI=1S/C69H108O15/c1-4-7-10-13-16-24-33-42-56(60-51-66(75)84-69(60)78)45-36-27-21-30-38-47-62(71)80-53-57(81-63(72)48-39-29-20-18-26-35-44-55(41-32-23-15-12-9-6-3)59-50-65(74)83-68(59)77)52-79-61(70)46-37-28-19-17-25-34-43-54(40-31-22-14-11-8-5-2)58-49-64(73)82-67(58)76/h23,31-33,35,40,42,44,54-60H,4-22,24-30,34,36-39,41,43,45-53H2,1-3H3/b32-23-,40-31+,42-33+,44-35+. The van der Waals surface area contributed by atoms with Crippen molar-refractivity contribution in [2.24, 2.45) is 35.5 Å². The van der Waals surface area contributed by atoms with E-state index in [2.05, 4.69) is 63.3 Å². The third kappa shape index (κ3) is 34.1. The van der Waals surface area contributed by atoms with Gasteiger partial charge >= 0.3 is 53.7 Å². The summed E-state index contributed by atoms with van der Waals surface area (Å²) in [7, 11) is 0. The first kappa shape index (κ1) is 73.0. The monoisotopic (exact) mass is 1180 g/mol. The van der Waals surface area contributed by atoms with Crippen molar-refractivity contribution >= 4 is 53.7 Å². The van der Waals surface area contributed by atoms with Gasteiger partial charge in [0, 0.05) is 19.3 Å². The van der Waals surface area contributed by atoms with Crippen LogP contribution < -0.4 is 0 Å². The van der Waals surface area contributed by atoms with E-state index in [1.165, 1.54) is 51.4 Å². The number of allylic oxidation sites excluding steroid dienone is 8. The lowest BCUT2D eigenvalue weighted by Crippen LogP contribution is -2.30. The topological polar surface area (TPSA) is 209 Å². The number of rotatable bonds is 52. The molecule has 0 aromatic rings. The average molecular weight is 1180 g/mol. The highest BCUT2D eigenvalue weighted by atomic mass is 16.6. The molecule has 0 spiro atoms. The molecule has 3 fully saturated rings. The van der Waals surface area contributed by atoms with E-state index in [-0.39, 0.29) is 69.5 Å². The second-order valence-corrected chi connectivity index (χ2v) is 23.7. The van der Waals surface area contributed by atoms with Crippen molar-refractivity contribution in [2.75, 3.05) is 13.2 Å². The molecule has 0 bridgehead atoms. The highest BCUT2D eigenvalue weighted by molar-refractivity contribution is 5.96. The van der Waals surface area contributed by atoms with Crippen LogP contribution in [0, 0.1) is 35.5 Å². The fourth-order valence-corrected chi connectivity index (χ4v) is 11.2. The lowest BCUT2D eigenvalue weighted by Gasteiger charge is -2.18. The minimum absolute atomic E-state index is 0.0156. The molecular formula is C69H108O15. The summed E-state index contributed by atoms with van der Waals surface area (Å²) in [4.78, 5) is 112. The molecule has 7 atom stereocenters. The third-order valence-corrected chi connectivity index (χ3v) is 16.4. The van der Waals surface area contributed by atoms with Gasteiger partial charge in [-0.25, -0.2) is 0 Å². The van der Waals surface area contributed by atoms with Crippen LogP contribution in [0.25, 0.3) is 0 Å². The second-order valence-electron chi connectivity index (χ2n) is 23.7. The Morgan fingerprint density at radius 2 is 0.714 bits per heavy atom. The fraction of sp³-hybridized carbons (Fsp3) is 0.754. The molecule has 0 N–H and O–H groups in total. The number of esters is 9. The molecule has 84 heavy (non-hydrogen) atoms. The van der Waals surface area contributed by atoms with Crippen LogP contribution in [0.4, 0.5) is 0 Å². The second kappa shape index (κ2) is 47.0. The van der Waals surface area contributed by atoms with E-state index < -0.39 is 77.6 Å². The van der Waals surface area contributed by atoms with E-state index in [0.29, 0.717) is 25.7 Å². The molecule has 3 rings (SSSR count). The quantitative estimate of drug-likeness (QED) is 0.0182. The van der Waals surface area contributed by atoms with Crippen LogP contribution in [0.3, 0.4) is 0 Å². The molecule has 0 radical (unpaired) electrons. The molecule has 3 aliphatic heterocycles. The zero-order chi connectivity index (χ0) is 60.8. The number of hydrogen-bond acceptors (Lipinski definition) is 15. The summed E-state index contributed by atoms with van der Waals surface area (Å²) in [5, 5.41) is 0. The van der Waals surface area contributed by atoms with Crippen LogP contribution in [-0.2, 0) is 71.6 Å². The normalized spacial score (nSPS) is 18.8. The Labute approximate surface area is 504 Å². The third-order valence-electron chi connectivity index (χ3n) is 16.4. The number of hydrogen-bond donors (Lipinski definition) is 0. The zero-order valence-corrected chi connectivity index (χ0v) is 52.0. The SMILES string of the molecule is CCCCC/C=C\CC(/C=C/CCCCCCC(=O)OC(COC(=O)CCCCCCCCC(/C=C/CCCCCC)C1CC(=O)OC1=O)COC(=O)CCCCCCCC(/C=C/CCCCCCC)C1CC(=O)OC1=O)C1CC(=O)OC1=O. The Bertz CT molecular complexity index is 2050. The molecule has 3 heterocycles. The van der Waals surface area contributed by atoms with Gasteiger partial charge in [-0.1, -0.05) is 198 Å². The van der Waals surface area contributed by atoms with Crippen LogP contribution in [0.2, 0.25) is 0 Å². The van der Waals surface area contributed by atoms with E-state index >= 15 is 0 Å². The van der Waals surface area contributed by atoms with Gasteiger partial charge in [0.25, 0.3) is 0 Å². The Morgan fingerprint density at radius 1 is 0.393 bits per heavy atom. The van der Waals surface area contributed by atoms with Crippen molar-refractivity contribution in [3.8, 4) is 0 Å². The first-order chi connectivity index (χ1) is 40.8. The van der Waals surface area contributed by atoms with E-state index in [1.54, 1.807) is 0 Å². The smallest absolute Gasteiger partial charge is 0.317 e. The van der Waals surface area contributed by atoms with Crippen molar-refractivity contribution in [3.63, 3.8) is 0 Å².